The predicted molar refractivity (Wildman–Crippen MR) is 110 cm³/mol. The highest BCUT2D eigenvalue weighted by atomic mass is 32.2. The molecule has 0 amide bonds. The second-order valence-electron chi connectivity index (χ2n) is 6.57. The minimum atomic E-state index is -4.18. The number of esters is 1. The Labute approximate surface area is 177 Å². The SMILES string of the molecule is O=C1OCc2c1cccc2S(=O)(=O)Nc1ccccc1NS(=O)(=O)c1ccc(F)cc1. The molecule has 3 aromatic rings. The topological polar surface area (TPSA) is 119 Å². The van der Waals surface area contributed by atoms with E-state index in [2.05, 4.69) is 9.44 Å². The highest BCUT2D eigenvalue weighted by Gasteiger charge is 2.29. The van der Waals surface area contributed by atoms with Gasteiger partial charge in [0.25, 0.3) is 20.0 Å². The highest BCUT2D eigenvalue weighted by Crippen LogP contribution is 2.31. The average molecular weight is 462 g/mol. The van der Waals surface area contributed by atoms with Crippen LogP contribution in [0, 0.1) is 5.82 Å². The van der Waals surface area contributed by atoms with Gasteiger partial charge >= 0.3 is 5.97 Å². The summed E-state index contributed by atoms with van der Waals surface area (Å²) in [6.45, 7) is -0.176. The maximum Gasteiger partial charge on any atom is 0.338 e. The summed E-state index contributed by atoms with van der Waals surface area (Å²) >= 11 is 0. The molecule has 0 aromatic heterocycles. The first-order valence-corrected chi connectivity index (χ1v) is 11.8. The highest BCUT2D eigenvalue weighted by molar-refractivity contribution is 7.93. The lowest BCUT2D eigenvalue weighted by Gasteiger charge is -2.15. The van der Waals surface area contributed by atoms with Crippen LogP contribution in [0.25, 0.3) is 0 Å². The molecule has 2 N–H and O–H groups in total. The Hall–Kier alpha value is -3.44. The number of halogens is 1. The lowest BCUT2D eigenvalue weighted by Crippen LogP contribution is -2.18. The van der Waals surface area contributed by atoms with E-state index in [-0.39, 0.29) is 38.9 Å². The number of fused-ring (bicyclic) bond motifs is 1. The van der Waals surface area contributed by atoms with Crippen LogP contribution in [0.3, 0.4) is 0 Å². The summed E-state index contributed by atoms with van der Waals surface area (Å²) in [7, 11) is -8.28. The summed E-state index contributed by atoms with van der Waals surface area (Å²) in [5, 5.41) is 0. The lowest BCUT2D eigenvalue weighted by molar-refractivity contribution is 0.0534. The van der Waals surface area contributed by atoms with Gasteiger partial charge in [-0.1, -0.05) is 18.2 Å². The molecule has 160 valence electrons. The number of rotatable bonds is 6. The molecule has 1 heterocycles. The Kier molecular flexibility index (Phi) is 5.15. The van der Waals surface area contributed by atoms with E-state index in [9.17, 15) is 26.0 Å². The van der Waals surface area contributed by atoms with Gasteiger partial charge in [0.1, 0.15) is 12.4 Å². The summed E-state index contributed by atoms with van der Waals surface area (Å²) in [5.74, 6) is -1.20. The number of para-hydroxylation sites is 2. The molecule has 4 rings (SSSR count). The molecule has 0 fully saturated rings. The maximum atomic E-state index is 13.1. The number of ether oxygens (including phenoxy) is 1. The van der Waals surface area contributed by atoms with Crippen LogP contribution in [0.5, 0.6) is 0 Å². The first-order valence-electron chi connectivity index (χ1n) is 8.87. The first kappa shape index (κ1) is 20.8. The number of cyclic esters (lactones) is 1. The second-order valence-corrected chi connectivity index (χ2v) is 9.90. The molecular formula is C20H15FN2O6S2. The third-order valence-electron chi connectivity index (χ3n) is 4.53. The van der Waals surface area contributed by atoms with Gasteiger partial charge < -0.3 is 4.74 Å². The van der Waals surface area contributed by atoms with Crippen molar-refractivity contribution in [2.24, 2.45) is 0 Å². The Morgan fingerprint density at radius 1 is 0.774 bits per heavy atom. The molecule has 3 aromatic carbocycles. The van der Waals surface area contributed by atoms with Gasteiger partial charge in [0.2, 0.25) is 0 Å². The van der Waals surface area contributed by atoms with Crippen molar-refractivity contribution in [3.05, 3.63) is 83.7 Å². The van der Waals surface area contributed by atoms with Crippen molar-refractivity contribution in [1.29, 1.82) is 0 Å². The van der Waals surface area contributed by atoms with Crippen molar-refractivity contribution in [2.45, 2.75) is 16.4 Å². The summed E-state index contributed by atoms with van der Waals surface area (Å²) in [4.78, 5) is 11.4. The minimum Gasteiger partial charge on any atom is -0.457 e. The van der Waals surface area contributed by atoms with Crippen molar-refractivity contribution in [2.75, 3.05) is 9.44 Å². The van der Waals surface area contributed by atoms with Gasteiger partial charge in [0.05, 0.1) is 26.7 Å². The predicted octanol–water partition coefficient (Wildman–Crippen LogP) is 3.10. The van der Waals surface area contributed by atoms with Crippen LogP contribution in [0.1, 0.15) is 15.9 Å². The van der Waals surface area contributed by atoms with Gasteiger partial charge in [-0.25, -0.2) is 26.0 Å². The zero-order valence-electron chi connectivity index (χ0n) is 15.7. The van der Waals surface area contributed by atoms with Gasteiger partial charge in [-0.05, 0) is 48.5 Å². The Morgan fingerprint density at radius 2 is 1.39 bits per heavy atom. The summed E-state index contributed by atoms with van der Waals surface area (Å²) in [6, 6.07) is 14.2. The standard InChI is InChI=1S/C20H15FN2O6S2/c21-13-8-10-14(11-9-13)30(25,26)22-17-5-1-2-6-18(17)23-31(27,28)19-7-3-4-15-16(19)12-29-20(15)24/h1-11,22-23H,12H2. The number of nitrogens with one attached hydrogen (secondary N) is 2. The molecule has 0 saturated carbocycles. The third-order valence-corrected chi connectivity index (χ3v) is 7.36. The number of carbonyl (C=O) groups excluding carboxylic acids is 1. The van der Waals surface area contributed by atoms with E-state index in [1.54, 1.807) is 0 Å². The number of benzene rings is 3. The molecule has 31 heavy (non-hydrogen) atoms. The normalized spacial score (nSPS) is 13.4. The van der Waals surface area contributed by atoms with Gasteiger partial charge in [0, 0.05) is 5.56 Å². The van der Waals surface area contributed by atoms with Crippen molar-refractivity contribution in [3.8, 4) is 0 Å². The monoisotopic (exact) mass is 462 g/mol. The van der Waals surface area contributed by atoms with Crippen molar-refractivity contribution in [3.63, 3.8) is 0 Å². The van der Waals surface area contributed by atoms with Crippen molar-refractivity contribution in [1.82, 2.24) is 0 Å². The maximum absolute atomic E-state index is 13.1. The fourth-order valence-corrected chi connectivity index (χ4v) is 5.46. The van der Waals surface area contributed by atoms with Crippen LogP contribution < -0.4 is 9.44 Å². The van der Waals surface area contributed by atoms with Crippen molar-refractivity contribution >= 4 is 37.4 Å². The largest absolute Gasteiger partial charge is 0.457 e. The quantitative estimate of drug-likeness (QED) is 0.544. The Morgan fingerprint density at radius 3 is 2.03 bits per heavy atom. The van der Waals surface area contributed by atoms with Crippen LogP contribution in [-0.2, 0) is 31.4 Å². The van der Waals surface area contributed by atoms with E-state index < -0.39 is 31.8 Å². The fourth-order valence-electron chi connectivity index (χ4n) is 3.05. The molecule has 0 bridgehead atoms. The van der Waals surface area contributed by atoms with E-state index in [0.29, 0.717) is 0 Å². The first-order chi connectivity index (χ1) is 14.7. The molecule has 8 nitrogen and oxygen atoms in total. The van der Waals surface area contributed by atoms with E-state index in [1.807, 2.05) is 0 Å². The summed E-state index contributed by atoms with van der Waals surface area (Å²) in [5.41, 5.74) is 0.323. The third kappa shape index (κ3) is 4.09. The van der Waals surface area contributed by atoms with Crippen LogP contribution in [0.15, 0.2) is 76.5 Å². The fraction of sp³-hybridized carbons (Fsp3) is 0.0500. The number of sulfonamides is 2. The van der Waals surface area contributed by atoms with Crippen LogP contribution in [0.2, 0.25) is 0 Å². The molecular weight excluding hydrogens is 447 g/mol. The Bertz CT molecular complexity index is 1390. The van der Waals surface area contributed by atoms with E-state index >= 15 is 0 Å². The average Bonchev–Trinajstić information content (AvgIpc) is 3.10. The van der Waals surface area contributed by atoms with E-state index in [1.165, 1.54) is 42.5 Å². The lowest BCUT2D eigenvalue weighted by atomic mass is 10.1. The van der Waals surface area contributed by atoms with Gasteiger partial charge in [-0.2, -0.15) is 0 Å². The Balaban J connectivity index is 1.67. The zero-order valence-corrected chi connectivity index (χ0v) is 17.3. The molecule has 0 radical (unpaired) electrons. The smallest absolute Gasteiger partial charge is 0.338 e. The molecule has 0 spiro atoms. The van der Waals surface area contributed by atoms with E-state index in [4.69, 9.17) is 4.74 Å². The molecule has 1 aliphatic rings. The summed E-state index contributed by atoms with van der Waals surface area (Å²) < 4.78 is 73.9. The number of hydrogen-bond acceptors (Lipinski definition) is 6. The number of hydrogen-bond donors (Lipinski definition) is 2. The summed E-state index contributed by atoms with van der Waals surface area (Å²) in [6.07, 6.45) is 0. The molecule has 0 saturated heterocycles. The molecule has 0 atom stereocenters. The van der Waals surface area contributed by atoms with Gasteiger partial charge in [0.15, 0.2) is 0 Å². The van der Waals surface area contributed by atoms with Crippen molar-refractivity contribution < 1.29 is 30.8 Å². The van der Waals surface area contributed by atoms with Gasteiger partial charge in [-0.3, -0.25) is 9.44 Å². The number of carbonyl (C=O) groups is 1. The molecule has 0 unspecified atom stereocenters. The minimum absolute atomic E-state index is 0.0315. The second kappa shape index (κ2) is 7.67. The van der Waals surface area contributed by atoms with Crippen LogP contribution in [-0.4, -0.2) is 22.8 Å². The molecule has 11 heteroatoms. The van der Waals surface area contributed by atoms with Gasteiger partial charge in [-0.15, -0.1) is 0 Å². The molecule has 1 aliphatic heterocycles. The molecule has 0 aliphatic carbocycles. The van der Waals surface area contributed by atoms with E-state index in [0.717, 1.165) is 24.3 Å². The zero-order chi connectivity index (χ0) is 22.2. The van der Waals surface area contributed by atoms with Crippen LogP contribution >= 0.6 is 0 Å². The van der Waals surface area contributed by atoms with Crippen LogP contribution in [0.4, 0.5) is 15.8 Å². The number of anilines is 2.